The minimum atomic E-state index is 0.440. The van der Waals surface area contributed by atoms with Crippen LogP contribution in [0.5, 0.6) is 0 Å². The van der Waals surface area contributed by atoms with Gasteiger partial charge in [-0.25, -0.2) is 0 Å². The third-order valence-electron chi connectivity index (χ3n) is 2.16. The van der Waals surface area contributed by atoms with Gasteiger partial charge in [-0.3, -0.25) is 4.79 Å². The second-order valence-corrected chi connectivity index (χ2v) is 2.80. The maximum atomic E-state index is 11.0. The zero-order chi connectivity index (χ0) is 6.69. The van der Waals surface area contributed by atoms with Crippen molar-refractivity contribution < 1.29 is 4.79 Å². The summed E-state index contributed by atoms with van der Waals surface area (Å²) in [6.45, 7) is 1.96. The third-order valence-corrected chi connectivity index (χ3v) is 2.16. The summed E-state index contributed by atoms with van der Waals surface area (Å²) < 4.78 is 0. The second-order valence-electron chi connectivity index (χ2n) is 2.80. The fraction of sp³-hybridized carbons (Fsp3) is 0.875. The number of rotatable bonds is 2. The lowest BCUT2D eigenvalue weighted by atomic mass is 10.0. The average Bonchev–Trinajstić information content (AvgIpc) is 2.37. The Morgan fingerprint density at radius 3 is 2.44 bits per heavy atom. The number of hydrogen-bond donors (Lipinski definition) is 0. The summed E-state index contributed by atoms with van der Waals surface area (Å²) in [6, 6.07) is 0. The molecule has 0 aliphatic heterocycles. The van der Waals surface area contributed by atoms with Gasteiger partial charge < -0.3 is 0 Å². The van der Waals surface area contributed by atoms with Crippen LogP contribution >= 0.6 is 0 Å². The summed E-state index contributed by atoms with van der Waals surface area (Å²) in [5.41, 5.74) is 0. The molecule has 1 aliphatic rings. The normalized spacial score (nSPS) is 20.6. The highest BCUT2D eigenvalue weighted by molar-refractivity contribution is 5.80. The maximum Gasteiger partial charge on any atom is 0.135 e. The third kappa shape index (κ3) is 1.54. The molecule has 0 saturated heterocycles. The van der Waals surface area contributed by atoms with E-state index in [-0.39, 0.29) is 0 Å². The second kappa shape index (κ2) is 3.00. The summed E-state index contributed by atoms with van der Waals surface area (Å²) in [5, 5.41) is 0. The zero-order valence-corrected chi connectivity index (χ0v) is 6.02. The minimum Gasteiger partial charge on any atom is -0.299 e. The Labute approximate surface area is 56.4 Å². The predicted molar refractivity (Wildman–Crippen MR) is 37.3 cm³/mol. The van der Waals surface area contributed by atoms with Gasteiger partial charge in [0.25, 0.3) is 0 Å². The van der Waals surface area contributed by atoms with Crippen LogP contribution in [-0.4, -0.2) is 5.78 Å². The van der Waals surface area contributed by atoms with Crippen molar-refractivity contribution in [2.75, 3.05) is 0 Å². The summed E-state index contributed by atoms with van der Waals surface area (Å²) in [6.07, 6.45) is 5.61. The van der Waals surface area contributed by atoms with Crippen LogP contribution in [0.3, 0.4) is 0 Å². The Kier molecular flexibility index (Phi) is 2.26. The molecule has 0 radical (unpaired) electrons. The molecule has 0 heterocycles. The molecule has 0 N–H and O–H groups in total. The molecule has 52 valence electrons. The Hall–Kier alpha value is -0.330. The summed E-state index contributed by atoms with van der Waals surface area (Å²) in [5.74, 6) is 0.919. The first-order valence-electron chi connectivity index (χ1n) is 3.87. The first-order valence-corrected chi connectivity index (χ1v) is 3.87. The lowest BCUT2D eigenvalue weighted by Crippen LogP contribution is -2.07. The van der Waals surface area contributed by atoms with E-state index in [4.69, 9.17) is 0 Å². The van der Waals surface area contributed by atoms with Gasteiger partial charge in [-0.1, -0.05) is 19.8 Å². The molecule has 0 aromatic heterocycles. The van der Waals surface area contributed by atoms with Crippen molar-refractivity contribution in [1.82, 2.24) is 0 Å². The van der Waals surface area contributed by atoms with Gasteiger partial charge in [0.15, 0.2) is 0 Å². The summed E-state index contributed by atoms with van der Waals surface area (Å²) in [7, 11) is 0. The van der Waals surface area contributed by atoms with Crippen LogP contribution < -0.4 is 0 Å². The van der Waals surface area contributed by atoms with Crippen LogP contribution in [0.15, 0.2) is 0 Å². The number of Topliss-reactive ketones (excluding diaryl/α,β-unsaturated/α-hetero) is 1. The van der Waals surface area contributed by atoms with E-state index >= 15 is 0 Å². The molecule has 0 atom stereocenters. The SMILES string of the molecule is CCC(=O)C1CCCC1. The number of hydrogen-bond acceptors (Lipinski definition) is 1. The van der Waals surface area contributed by atoms with Crippen molar-refractivity contribution in [3.8, 4) is 0 Å². The van der Waals surface area contributed by atoms with Gasteiger partial charge in [0.2, 0.25) is 0 Å². The van der Waals surface area contributed by atoms with Gasteiger partial charge in [0, 0.05) is 12.3 Å². The van der Waals surface area contributed by atoms with Gasteiger partial charge >= 0.3 is 0 Å². The van der Waals surface area contributed by atoms with E-state index in [0.717, 1.165) is 19.3 Å². The van der Waals surface area contributed by atoms with Crippen molar-refractivity contribution >= 4 is 5.78 Å². The fourth-order valence-electron chi connectivity index (χ4n) is 1.54. The summed E-state index contributed by atoms with van der Waals surface area (Å²) in [4.78, 5) is 11.0. The van der Waals surface area contributed by atoms with E-state index in [2.05, 4.69) is 0 Å². The Balaban J connectivity index is 2.32. The molecule has 1 rings (SSSR count). The monoisotopic (exact) mass is 126 g/mol. The van der Waals surface area contributed by atoms with Crippen molar-refractivity contribution in [2.45, 2.75) is 39.0 Å². The van der Waals surface area contributed by atoms with Crippen LogP contribution in [0.25, 0.3) is 0 Å². The van der Waals surface area contributed by atoms with E-state index in [1.807, 2.05) is 6.92 Å². The topological polar surface area (TPSA) is 17.1 Å². The van der Waals surface area contributed by atoms with E-state index in [1.165, 1.54) is 12.8 Å². The van der Waals surface area contributed by atoms with Crippen LogP contribution in [-0.2, 0) is 4.79 Å². The van der Waals surface area contributed by atoms with E-state index in [1.54, 1.807) is 0 Å². The first-order chi connectivity index (χ1) is 4.34. The van der Waals surface area contributed by atoms with Gasteiger partial charge in [-0.05, 0) is 12.8 Å². The number of carbonyl (C=O) groups is 1. The molecule has 1 nitrogen and oxygen atoms in total. The molecular formula is C8H14O. The number of ketones is 1. The minimum absolute atomic E-state index is 0.440. The molecule has 0 unspecified atom stereocenters. The van der Waals surface area contributed by atoms with Crippen LogP contribution in [0.1, 0.15) is 39.0 Å². The van der Waals surface area contributed by atoms with E-state index in [9.17, 15) is 4.79 Å². The maximum absolute atomic E-state index is 11.0. The number of carbonyl (C=O) groups excluding carboxylic acids is 1. The molecule has 0 amide bonds. The van der Waals surface area contributed by atoms with Crippen molar-refractivity contribution in [3.05, 3.63) is 0 Å². The fourth-order valence-corrected chi connectivity index (χ4v) is 1.54. The Bertz CT molecular complexity index is 101. The molecule has 0 aromatic carbocycles. The van der Waals surface area contributed by atoms with Crippen molar-refractivity contribution in [2.24, 2.45) is 5.92 Å². The Morgan fingerprint density at radius 1 is 1.44 bits per heavy atom. The molecular weight excluding hydrogens is 112 g/mol. The summed E-state index contributed by atoms with van der Waals surface area (Å²) >= 11 is 0. The van der Waals surface area contributed by atoms with E-state index < -0.39 is 0 Å². The predicted octanol–water partition coefficient (Wildman–Crippen LogP) is 2.16. The van der Waals surface area contributed by atoms with Crippen LogP contribution in [0, 0.1) is 5.92 Å². The molecule has 1 fully saturated rings. The lowest BCUT2D eigenvalue weighted by Gasteiger charge is -2.02. The van der Waals surface area contributed by atoms with Crippen LogP contribution in [0.2, 0.25) is 0 Å². The van der Waals surface area contributed by atoms with Gasteiger partial charge in [-0.2, -0.15) is 0 Å². The molecule has 1 aliphatic carbocycles. The molecule has 0 spiro atoms. The molecule has 9 heavy (non-hydrogen) atoms. The molecule has 0 aromatic rings. The quantitative estimate of drug-likeness (QED) is 0.554. The highest BCUT2D eigenvalue weighted by Gasteiger charge is 2.20. The average molecular weight is 126 g/mol. The molecule has 0 bridgehead atoms. The lowest BCUT2D eigenvalue weighted by molar-refractivity contribution is -0.122. The van der Waals surface area contributed by atoms with Gasteiger partial charge in [0.1, 0.15) is 5.78 Å². The highest BCUT2D eigenvalue weighted by atomic mass is 16.1. The van der Waals surface area contributed by atoms with Gasteiger partial charge in [0.05, 0.1) is 0 Å². The highest BCUT2D eigenvalue weighted by Crippen LogP contribution is 2.25. The van der Waals surface area contributed by atoms with Crippen molar-refractivity contribution in [1.29, 1.82) is 0 Å². The first kappa shape index (κ1) is 6.79. The van der Waals surface area contributed by atoms with E-state index in [0.29, 0.717) is 11.7 Å². The Morgan fingerprint density at radius 2 is 2.00 bits per heavy atom. The van der Waals surface area contributed by atoms with Crippen molar-refractivity contribution in [3.63, 3.8) is 0 Å². The molecule has 1 heteroatoms. The zero-order valence-electron chi connectivity index (χ0n) is 6.02. The van der Waals surface area contributed by atoms with Crippen LogP contribution in [0.4, 0.5) is 0 Å². The largest absolute Gasteiger partial charge is 0.299 e. The van der Waals surface area contributed by atoms with Gasteiger partial charge in [-0.15, -0.1) is 0 Å². The smallest absolute Gasteiger partial charge is 0.135 e. The molecule has 1 saturated carbocycles. The standard InChI is InChI=1S/C8H14O/c1-2-8(9)7-5-3-4-6-7/h7H,2-6H2,1H3.